The van der Waals surface area contributed by atoms with Gasteiger partial charge in [-0.05, 0) is 43.3 Å². The Morgan fingerprint density at radius 2 is 1.87 bits per heavy atom. The second kappa shape index (κ2) is 6.80. The van der Waals surface area contributed by atoms with E-state index in [9.17, 15) is 0 Å². The van der Waals surface area contributed by atoms with E-state index in [1.54, 1.807) is 6.08 Å². The summed E-state index contributed by atoms with van der Waals surface area (Å²) in [6.07, 6.45) is 5.89. The summed E-state index contributed by atoms with van der Waals surface area (Å²) in [7, 11) is 0. The molecule has 0 amide bonds. The topological polar surface area (TPSA) is 17.8 Å². The van der Waals surface area contributed by atoms with Gasteiger partial charge >= 0.3 is 0 Å². The summed E-state index contributed by atoms with van der Waals surface area (Å²) in [4.78, 5) is 4.81. The second-order valence-electron chi connectivity index (χ2n) is 5.09. The number of halogens is 1. The van der Waals surface area contributed by atoms with Gasteiger partial charge in [0.25, 0.3) is 0 Å². The van der Waals surface area contributed by atoms with Crippen LogP contribution in [0.3, 0.4) is 0 Å². The molecule has 1 heterocycles. The van der Waals surface area contributed by atoms with E-state index < -0.39 is 0 Å². The summed E-state index contributed by atoms with van der Waals surface area (Å²) in [5.74, 6) is 0.903. The number of nitrogens with zero attached hydrogens (tertiary/aromatic N) is 2. The van der Waals surface area contributed by atoms with Crippen LogP contribution >= 0.6 is 15.9 Å². The minimum atomic E-state index is 0.877. The molecule has 0 bridgehead atoms. The van der Waals surface area contributed by atoms with E-state index in [4.69, 9.17) is 4.98 Å². The molecule has 0 saturated carbocycles. The number of aromatic nitrogens is 2. The molecule has 0 aliphatic rings. The smallest absolute Gasteiger partial charge is 0.145 e. The van der Waals surface area contributed by atoms with Gasteiger partial charge < -0.3 is 0 Å². The molecule has 3 heteroatoms. The molecule has 3 aromatic rings. The van der Waals surface area contributed by atoms with Crippen LogP contribution in [0, 0.1) is 0 Å². The maximum atomic E-state index is 4.81. The summed E-state index contributed by atoms with van der Waals surface area (Å²) >= 11 is 3.54. The molecule has 2 nitrogen and oxygen atoms in total. The monoisotopic (exact) mass is 364 g/mol. The van der Waals surface area contributed by atoms with Gasteiger partial charge in [0, 0.05) is 15.7 Å². The number of benzene rings is 2. The normalized spacial score (nSPS) is 11.0. The van der Waals surface area contributed by atoms with Crippen molar-refractivity contribution in [2.45, 2.75) is 6.92 Å². The Balaban J connectivity index is 2.33. The highest BCUT2D eigenvalue weighted by Gasteiger charge is 2.16. The number of imidazole rings is 1. The average molecular weight is 365 g/mol. The van der Waals surface area contributed by atoms with Crippen molar-refractivity contribution in [3.8, 4) is 17.1 Å². The molecule has 0 radical (unpaired) electrons. The molecule has 0 spiro atoms. The average Bonchev–Trinajstić information content (AvgIpc) is 2.94. The largest absolute Gasteiger partial charge is 0.292 e. The Morgan fingerprint density at radius 3 is 2.52 bits per heavy atom. The van der Waals surface area contributed by atoms with Gasteiger partial charge in [0.15, 0.2) is 0 Å². The fourth-order valence-corrected chi connectivity index (χ4v) is 2.98. The van der Waals surface area contributed by atoms with Crippen molar-refractivity contribution >= 4 is 28.1 Å². The van der Waals surface area contributed by atoms with Crippen molar-refractivity contribution in [3.63, 3.8) is 0 Å². The van der Waals surface area contributed by atoms with E-state index in [0.717, 1.165) is 32.9 Å². The lowest BCUT2D eigenvalue weighted by Crippen LogP contribution is -1.99. The zero-order valence-electron chi connectivity index (χ0n) is 12.9. The first kappa shape index (κ1) is 15.5. The quantitative estimate of drug-likeness (QED) is 0.556. The van der Waals surface area contributed by atoms with Crippen LogP contribution in [0.25, 0.3) is 29.2 Å². The predicted octanol–water partition coefficient (Wildman–Crippen LogP) is 5.98. The van der Waals surface area contributed by atoms with Crippen LogP contribution in [-0.4, -0.2) is 9.55 Å². The molecule has 1 aromatic heterocycles. The maximum absolute atomic E-state index is 4.81. The fraction of sp³-hybridized carbons (Fsp3) is 0.0500. The molecule has 114 valence electrons. The summed E-state index contributed by atoms with van der Waals surface area (Å²) < 4.78 is 3.20. The third-order valence-corrected chi connectivity index (χ3v) is 4.05. The number of para-hydroxylation sites is 1. The van der Waals surface area contributed by atoms with Gasteiger partial charge in [-0.15, -0.1) is 0 Å². The van der Waals surface area contributed by atoms with Crippen molar-refractivity contribution in [1.29, 1.82) is 0 Å². The van der Waals surface area contributed by atoms with Crippen molar-refractivity contribution in [3.05, 3.63) is 83.1 Å². The Bertz CT molecular complexity index is 861. The van der Waals surface area contributed by atoms with Crippen LogP contribution in [0.1, 0.15) is 18.3 Å². The molecule has 23 heavy (non-hydrogen) atoms. The summed E-state index contributed by atoms with van der Waals surface area (Å²) in [5.41, 5.74) is 4.05. The van der Waals surface area contributed by atoms with Gasteiger partial charge in [0.1, 0.15) is 5.82 Å². The van der Waals surface area contributed by atoms with Gasteiger partial charge in [-0.2, -0.15) is 0 Å². The lowest BCUT2D eigenvalue weighted by Gasteiger charge is -2.11. The molecule has 0 aliphatic carbocycles. The molecule has 0 N–H and O–H groups in total. The highest BCUT2D eigenvalue weighted by atomic mass is 79.9. The van der Waals surface area contributed by atoms with E-state index in [1.165, 1.54) is 0 Å². The summed E-state index contributed by atoms with van der Waals surface area (Å²) in [5, 5.41) is 0. The Kier molecular flexibility index (Phi) is 4.58. The van der Waals surface area contributed by atoms with Gasteiger partial charge in [0.2, 0.25) is 0 Å². The highest BCUT2D eigenvalue weighted by molar-refractivity contribution is 9.10. The highest BCUT2D eigenvalue weighted by Crippen LogP contribution is 2.29. The van der Waals surface area contributed by atoms with Gasteiger partial charge in [0.05, 0.1) is 11.4 Å². The van der Waals surface area contributed by atoms with Gasteiger partial charge in [-0.25, -0.2) is 4.98 Å². The zero-order valence-corrected chi connectivity index (χ0v) is 14.5. The van der Waals surface area contributed by atoms with E-state index in [0.29, 0.717) is 0 Å². The molecular formula is C20H17BrN2. The minimum absolute atomic E-state index is 0.877. The lowest BCUT2D eigenvalue weighted by atomic mass is 10.2. The van der Waals surface area contributed by atoms with E-state index in [-0.39, 0.29) is 0 Å². The molecule has 0 aliphatic heterocycles. The standard InChI is InChI=1S/C20H17BrN2/c1-3-9-19-18(4-2)22-20(15-10-8-11-16(21)14-15)23(19)17-12-6-5-7-13-17/h3-14H,2H2,1H3/b9-3-. The Morgan fingerprint density at radius 1 is 1.09 bits per heavy atom. The molecule has 0 unspecified atom stereocenters. The van der Waals surface area contributed by atoms with E-state index in [2.05, 4.69) is 57.4 Å². The minimum Gasteiger partial charge on any atom is -0.292 e. The first-order valence-corrected chi connectivity index (χ1v) is 8.23. The van der Waals surface area contributed by atoms with Crippen LogP contribution in [0.2, 0.25) is 0 Å². The SMILES string of the molecule is C=Cc1nc(-c2cccc(Br)c2)n(-c2ccccc2)c1/C=C\C. The van der Waals surface area contributed by atoms with Crippen molar-refractivity contribution in [1.82, 2.24) is 9.55 Å². The van der Waals surface area contributed by atoms with E-state index in [1.807, 2.05) is 43.3 Å². The first-order valence-electron chi connectivity index (χ1n) is 7.44. The Labute approximate surface area is 144 Å². The molecule has 3 rings (SSSR count). The fourth-order valence-electron chi connectivity index (χ4n) is 2.58. The maximum Gasteiger partial charge on any atom is 0.145 e. The number of allylic oxidation sites excluding steroid dienone is 1. The molecule has 0 atom stereocenters. The molecule has 0 fully saturated rings. The van der Waals surface area contributed by atoms with Crippen LogP contribution in [0.5, 0.6) is 0 Å². The van der Waals surface area contributed by atoms with Crippen LogP contribution in [0.4, 0.5) is 0 Å². The number of rotatable bonds is 4. The number of hydrogen-bond donors (Lipinski definition) is 0. The Hall–Kier alpha value is -2.39. The van der Waals surface area contributed by atoms with Crippen molar-refractivity contribution in [2.24, 2.45) is 0 Å². The van der Waals surface area contributed by atoms with Gasteiger partial charge in [-0.1, -0.05) is 58.9 Å². The van der Waals surface area contributed by atoms with Crippen molar-refractivity contribution < 1.29 is 0 Å². The summed E-state index contributed by atoms with van der Waals surface area (Å²) in [6, 6.07) is 18.4. The third-order valence-electron chi connectivity index (χ3n) is 3.56. The molecular weight excluding hydrogens is 348 g/mol. The van der Waals surface area contributed by atoms with Gasteiger partial charge in [-0.3, -0.25) is 4.57 Å². The predicted molar refractivity (Wildman–Crippen MR) is 101 cm³/mol. The van der Waals surface area contributed by atoms with Crippen molar-refractivity contribution in [2.75, 3.05) is 0 Å². The lowest BCUT2D eigenvalue weighted by molar-refractivity contribution is 1.05. The van der Waals surface area contributed by atoms with Crippen LogP contribution in [0.15, 0.2) is 71.7 Å². The van der Waals surface area contributed by atoms with E-state index >= 15 is 0 Å². The zero-order chi connectivity index (χ0) is 16.2. The van der Waals surface area contributed by atoms with Crippen LogP contribution in [-0.2, 0) is 0 Å². The number of hydrogen-bond acceptors (Lipinski definition) is 1. The molecule has 2 aromatic carbocycles. The summed E-state index contributed by atoms with van der Waals surface area (Å²) in [6.45, 7) is 5.92. The second-order valence-corrected chi connectivity index (χ2v) is 6.01. The first-order chi connectivity index (χ1) is 11.2. The molecule has 0 saturated heterocycles. The van der Waals surface area contributed by atoms with Crippen LogP contribution < -0.4 is 0 Å². The third kappa shape index (κ3) is 3.06.